The van der Waals surface area contributed by atoms with Crippen molar-refractivity contribution in [3.63, 3.8) is 0 Å². The van der Waals surface area contributed by atoms with Gasteiger partial charge in [0.05, 0.1) is 18.3 Å². The number of thiocarbonyl (C=S) groups is 1. The molecule has 2 fully saturated rings. The van der Waals surface area contributed by atoms with Crippen molar-refractivity contribution < 1.29 is 4.74 Å². The fourth-order valence-corrected chi connectivity index (χ4v) is 3.39. The number of hydrogen-bond donors (Lipinski definition) is 2. The summed E-state index contributed by atoms with van der Waals surface area (Å²) in [5.41, 5.74) is 0. The van der Waals surface area contributed by atoms with Gasteiger partial charge in [0, 0.05) is 19.2 Å². The Balaban J connectivity index is 1.52. The van der Waals surface area contributed by atoms with Crippen LogP contribution in [-0.2, 0) is 4.74 Å². The van der Waals surface area contributed by atoms with E-state index in [9.17, 15) is 0 Å². The second-order valence-corrected chi connectivity index (χ2v) is 6.33. The van der Waals surface area contributed by atoms with Crippen LogP contribution in [0.1, 0.15) is 51.0 Å². The van der Waals surface area contributed by atoms with Crippen molar-refractivity contribution in [1.82, 2.24) is 15.1 Å². The zero-order valence-corrected chi connectivity index (χ0v) is 13.2. The molecule has 1 aromatic heterocycles. The Hall–Kier alpha value is -1.14. The molecule has 0 bridgehead atoms. The lowest BCUT2D eigenvalue weighted by Gasteiger charge is -2.24. The van der Waals surface area contributed by atoms with Gasteiger partial charge in [-0.1, -0.05) is 19.3 Å². The van der Waals surface area contributed by atoms with Crippen LogP contribution in [0.5, 0.6) is 0 Å². The molecule has 0 spiro atoms. The molecule has 2 aliphatic rings. The number of anilines is 1. The Morgan fingerprint density at radius 3 is 2.90 bits per heavy atom. The quantitative estimate of drug-likeness (QED) is 0.838. The van der Waals surface area contributed by atoms with Gasteiger partial charge in [-0.25, -0.2) is 4.68 Å². The fourth-order valence-electron chi connectivity index (χ4n) is 3.20. The minimum Gasteiger partial charge on any atom is -0.376 e. The number of nitrogens with zero attached hydrogens (tertiary/aromatic N) is 2. The van der Waals surface area contributed by atoms with Crippen LogP contribution in [-0.4, -0.2) is 34.1 Å². The maximum atomic E-state index is 5.59. The molecule has 0 amide bonds. The first-order valence-electron chi connectivity index (χ1n) is 8.03. The van der Waals surface area contributed by atoms with Gasteiger partial charge in [0.1, 0.15) is 5.82 Å². The molecule has 6 heteroatoms. The van der Waals surface area contributed by atoms with Crippen molar-refractivity contribution in [3.05, 3.63) is 12.3 Å². The van der Waals surface area contributed by atoms with Gasteiger partial charge < -0.3 is 15.4 Å². The summed E-state index contributed by atoms with van der Waals surface area (Å²) >= 11 is 5.38. The number of nitrogens with one attached hydrogen (secondary N) is 2. The molecular formula is C15H24N4OS. The highest BCUT2D eigenvalue weighted by Gasteiger charge is 2.19. The summed E-state index contributed by atoms with van der Waals surface area (Å²) in [4.78, 5) is 0. The van der Waals surface area contributed by atoms with Crippen molar-refractivity contribution in [2.45, 2.75) is 57.1 Å². The van der Waals surface area contributed by atoms with Crippen molar-refractivity contribution >= 4 is 23.1 Å². The first kappa shape index (κ1) is 14.8. The Kier molecular flexibility index (Phi) is 5.08. The highest BCUT2D eigenvalue weighted by Crippen LogP contribution is 2.29. The molecule has 0 radical (unpaired) electrons. The monoisotopic (exact) mass is 308 g/mol. The van der Waals surface area contributed by atoms with Crippen LogP contribution in [0.3, 0.4) is 0 Å². The lowest BCUT2D eigenvalue weighted by Crippen LogP contribution is -2.35. The Morgan fingerprint density at radius 2 is 2.14 bits per heavy atom. The average molecular weight is 308 g/mol. The van der Waals surface area contributed by atoms with Gasteiger partial charge in [-0.15, -0.1) is 0 Å². The largest absolute Gasteiger partial charge is 0.376 e. The van der Waals surface area contributed by atoms with E-state index >= 15 is 0 Å². The van der Waals surface area contributed by atoms with Crippen LogP contribution >= 0.6 is 12.2 Å². The van der Waals surface area contributed by atoms with Gasteiger partial charge in [0.2, 0.25) is 0 Å². The van der Waals surface area contributed by atoms with Crippen LogP contribution < -0.4 is 10.6 Å². The summed E-state index contributed by atoms with van der Waals surface area (Å²) in [5, 5.41) is 11.7. The first-order valence-corrected chi connectivity index (χ1v) is 8.44. The summed E-state index contributed by atoms with van der Waals surface area (Å²) in [5.74, 6) is 0.992. The third kappa shape index (κ3) is 3.95. The molecule has 3 rings (SSSR count). The number of hydrogen-bond acceptors (Lipinski definition) is 3. The zero-order chi connectivity index (χ0) is 14.5. The highest BCUT2D eigenvalue weighted by molar-refractivity contribution is 7.80. The van der Waals surface area contributed by atoms with E-state index in [0.29, 0.717) is 17.3 Å². The van der Waals surface area contributed by atoms with E-state index in [1.165, 1.54) is 32.1 Å². The molecule has 1 aliphatic heterocycles. The van der Waals surface area contributed by atoms with E-state index in [0.717, 1.165) is 31.8 Å². The van der Waals surface area contributed by atoms with E-state index in [1.54, 1.807) is 0 Å². The van der Waals surface area contributed by atoms with E-state index in [2.05, 4.69) is 20.4 Å². The van der Waals surface area contributed by atoms with Gasteiger partial charge in [-0.05, 0) is 37.9 Å². The molecule has 0 aromatic carbocycles. The molecule has 2 heterocycles. The van der Waals surface area contributed by atoms with Gasteiger partial charge in [0.25, 0.3) is 0 Å². The lowest BCUT2D eigenvalue weighted by molar-refractivity contribution is 0.114. The van der Waals surface area contributed by atoms with Crippen molar-refractivity contribution in [2.24, 2.45) is 0 Å². The average Bonchev–Trinajstić information content (AvgIpc) is 3.17. The molecule has 1 aromatic rings. The van der Waals surface area contributed by atoms with E-state index in [1.807, 2.05) is 12.3 Å². The molecule has 1 saturated heterocycles. The fraction of sp³-hybridized carbons (Fsp3) is 0.733. The Bertz CT molecular complexity index is 464. The second-order valence-electron chi connectivity index (χ2n) is 5.92. The standard InChI is InChI=1S/C15H24N4OS/c21-15(16-11-13-7-4-10-20-13)18-14-8-9-17-19(14)12-5-2-1-3-6-12/h8-9,12-13H,1-7,10-11H2,(H2,16,18,21). The molecule has 1 aliphatic carbocycles. The van der Waals surface area contributed by atoms with E-state index < -0.39 is 0 Å². The predicted octanol–water partition coefficient (Wildman–Crippen LogP) is 2.85. The molecule has 2 N–H and O–H groups in total. The van der Waals surface area contributed by atoms with Crippen LogP contribution in [0.4, 0.5) is 5.82 Å². The third-order valence-corrected chi connectivity index (χ3v) is 4.59. The van der Waals surface area contributed by atoms with E-state index in [-0.39, 0.29) is 0 Å². The summed E-state index contributed by atoms with van der Waals surface area (Å²) in [6.07, 6.45) is 10.8. The normalized spacial score (nSPS) is 23.1. The van der Waals surface area contributed by atoms with E-state index in [4.69, 9.17) is 17.0 Å². The smallest absolute Gasteiger partial charge is 0.172 e. The second kappa shape index (κ2) is 7.22. The van der Waals surface area contributed by atoms with Crippen LogP contribution in [0.15, 0.2) is 12.3 Å². The molecule has 116 valence electrons. The van der Waals surface area contributed by atoms with Gasteiger partial charge in [-0.2, -0.15) is 5.10 Å². The number of rotatable bonds is 4. The van der Waals surface area contributed by atoms with Crippen molar-refractivity contribution in [1.29, 1.82) is 0 Å². The SMILES string of the molecule is S=C(NCC1CCCO1)Nc1ccnn1C1CCCCC1. The van der Waals surface area contributed by atoms with Crippen molar-refractivity contribution in [3.8, 4) is 0 Å². The third-order valence-electron chi connectivity index (χ3n) is 4.35. The maximum absolute atomic E-state index is 5.59. The number of ether oxygens (including phenoxy) is 1. The van der Waals surface area contributed by atoms with Crippen LogP contribution in [0.25, 0.3) is 0 Å². The van der Waals surface area contributed by atoms with Crippen molar-refractivity contribution in [2.75, 3.05) is 18.5 Å². The zero-order valence-electron chi connectivity index (χ0n) is 12.4. The molecule has 1 atom stereocenters. The van der Waals surface area contributed by atoms with Crippen LogP contribution in [0.2, 0.25) is 0 Å². The lowest BCUT2D eigenvalue weighted by atomic mass is 9.96. The van der Waals surface area contributed by atoms with Gasteiger partial charge in [-0.3, -0.25) is 0 Å². The molecule has 1 unspecified atom stereocenters. The number of aromatic nitrogens is 2. The molecular weight excluding hydrogens is 284 g/mol. The Labute approximate surface area is 131 Å². The van der Waals surface area contributed by atoms with Gasteiger partial charge in [0.15, 0.2) is 5.11 Å². The predicted molar refractivity (Wildman–Crippen MR) is 87.5 cm³/mol. The topological polar surface area (TPSA) is 51.1 Å². The highest BCUT2D eigenvalue weighted by atomic mass is 32.1. The molecule has 1 saturated carbocycles. The first-order chi connectivity index (χ1) is 10.3. The molecule has 5 nitrogen and oxygen atoms in total. The summed E-state index contributed by atoms with van der Waals surface area (Å²) < 4.78 is 7.69. The van der Waals surface area contributed by atoms with Crippen LogP contribution in [0, 0.1) is 0 Å². The summed E-state index contributed by atoms with van der Waals surface area (Å²) in [6.45, 7) is 1.66. The summed E-state index contributed by atoms with van der Waals surface area (Å²) in [6, 6.07) is 2.51. The minimum atomic E-state index is 0.299. The maximum Gasteiger partial charge on any atom is 0.172 e. The summed E-state index contributed by atoms with van der Waals surface area (Å²) in [7, 11) is 0. The Morgan fingerprint density at radius 1 is 1.29 bits per heavy atom. The van der Waals surface area contributed by atoms with Gasteiger partial charge >= 0.3 is 0 Å². The minimum absolute atomic E-state index is 0.299. The molecule has 21 heavy (non-hydrogen) atoms.